The Morgan fingerprint density at radius 1 is 1.45 bits per heavy atom. The average Bonchev–Trinajstić information content (AvgIpc) is 2.82. The van der Waals surface area contributed by atoms with Gasteiger partial charge in [-0.1, -0.05) is 11.3 Å². The van der Waals surface area contributed by atoms with Crippen LogP contribution in [0.15, 0.2) is 0 Å². The van der Waals surface area contributed by atoms with Crippen molar-refractivity contribution in [1.29, 1.82) is 0 Å². The van der Waals surface area contributed by atoms with Gasteiger partial charge in [-0.25, -0.2) is 4.79 Å². The summed E-state index contributed by atoms with van der Waals surface area (Å²) >= 11 is 1.56. The number of aromatic nitrogens is 2. The lowest BCUT2D eigenvalue weighted by Crippen LogP contribution is -2.46. The lowest BCUT2D eigenvalue weighted by atomic mass is 9.92. The predicted octanol–water partition coefficient (Wildman–Crippen LogP) is 3.29. The second kappa shape index (κ2) is 6.81. The van der Waals surface area contributed by atoms with Gasteiger partial charge < -0.3 is 15.0 Å². The molecule has 0 saturated carbocycles. The van der Waals surface area contributed by atoms with E-state index in [-0.39, 0.29) is 12.1 Å². The Kier molecular flexibility index (Phi) is 5.26. The number of hydrogen-bond acceptors (Lipinski definition) is 6. The van der Waals surface area contributed by atoms with Crippen molar-refractivity contribution in [3.05, 3.63) is 5.01 Å². The van der Waals surface area contributed by atoms with Gasteiger partial charge in [-0.15, -0.1) is 10.2 Å². The molecule has 0 aromatic carbocycles. The third kappa shape index (κ3) is 4.83. The Bertz CT molecular complexity index is 512. The van der Waals surface area contributed by atoms with Gasteiger partial charge in [0.15, 0.2) is 0 Å². The van der Waals surface area contributed by atoms with Crippen molar-refractivity contribution in [3.63, 3.8) is 0 Å². The number of aryl methyl sites for hydroxylation is 1. The van der Waals surface area contributed by atoms with Gasteiger partial charge in [-0.05, 0) is 53.4 Å². The largest absolute Gasteiger partial charge is 0.444 e. The molecule has 0 spiro atoms. The topological polar surface area (TPSA) is 67.4 Å². The van der Waals surface area contributed by atoms with Gasteiger partial charge in [0.2, 0.25) is 5.13 Å². The van der Waals surface area contributed by atoms with Crippen molar-refractivity contribution in [3.8, 4) is 0 Å². The molecule has 7 heteroatoms. The van der Waals surface area contributed by atoms with E-state index < -0.39 is 5.60 Å². The van der Waals surface area contributed by atoms with Crippen molar-refractivity contribution in [2.75, 3.05) is 18.4 Å². The molecule has 1 fully saturated rings. The van der Waals surface area contributed by atoms with Crippen LogP contribution in [0.1, 0.15) is 45.5 Å². The second-order valence-electron chi connectivity index (χ2n) is 6.89. The van der Waals surface area contributed by atoms with Crippen LogP contribution in [-0.4, -0.2) is 45.9 Å². The second-order valence-corrected chi connectivity index (χ2v) is 8.07. The fourth-order valence-electron chi connectivity index (χ4n) is 2.58. The standard InChI is InChI=1S/C15H26N4O2S/c1-10(16-13-18-17-11(2)22-13)12-7-6-8-19(9-12)14(20)21-15(3,4)5/h10,12H,6-9H2,1-5H3,(H,16,18). The molecule has 1 N–H and O–H groups in total. The van der Waals surface area contributed by atoms with Crippen LogP contribution in [0.5, 0.6) is 0 Å². The number of anilines is 1. The minimum atomic E-state index is -0.446. The molecule has 2 unspecified atom stereocenters. The number of nitrogens with zero attached hydrogens (tertiary/aromatic N) is 3. The highest BCUT2D eigenvalue weighted by Crippen LogP contribution is 2.25. The molecule has 1 aromatic rings. The number of carbonyl (C=O) groups excluding carboxylic acids is 1. The molecule has 1 saturated heterocycles. The number of ether oxygens (including phenoxy) is 1. The molecular formula is C15H26N4O2S. The monoisotopic (exact) mass is 326 g/mol. The molecular weight excluding hydrogens is 300 g/mol. The minimum Gasteiger partial charge on any atom is -0.444 e. The summed E-state index contributed by atoms with van der Waals surface area (Å²) in [7, 11) is 0. The van der Waals surface area contributed by atoms with Gasteiger partial charge in [-0.3, -0.25) is 0 Å². The summed E-state index contributed by atoms with van der Waals surface area (Å²) in [5.41, 5.74) is -0.446. The number of likely N-dealkylation sites (tertiary alicyclic amines) is 1. The molecule has 0 aliphatic carbocycles. The summed E-state index contributed by atoms with van der Waals surface area (Å²) in [4.78, 5) is 14.0. The Labute approximate surface area is 136 Å². The van der Waals surface area contributed by atoms with E-state index in [9.17, 15) is 4.79 Å². The smallest absolute Gasteiger partial charge is 0.410 e. The number of hydrogen-bond donors (Lipinski definition) is 1. The zero-order valence-electron chi connectivity index (χ0n) is 14.0. The van der Waals surface area contributed by atoms with Gasteiger partial charge in [0.1, 0.15) is 10.6 Å². The summed E-state index contributed by atoms with van der Waals surface area (Å²) < 4.78 is 5.47. The average molecular weight is 326 g/mol. The SMILES string of the molecule is Cc1nnc(NC(C)C2CCCN(C(=O)OC(C)(C)C)C2)s1. The van der Waals surface area contributed by atoms with Crippen molar-refractivity contribution in [2.24, 2.45) is 5.92 Å². The third-order valence-corrected chi connectivity index (χ3v) is 4.46. The first kappa shape index (κ1) is 17.0. The Hall–Kier alpha value is -1.37. The van der Waals surface area contributed by atoms with Crippen molar-refractivity contribution in [2.45, 2.75) is 59.1 Å². The molecule has 1 aliphatic heterocycles. The summed E-state index contributed by atoms with van der Waals surface area (Å²) in [5, 5.41) is 13.3. The predicted molar refractivity (Wildman–Crippen MR) is 88.3 cm³/mol. The highest BCUT2D eigenvalue weighted by Gasteiger charge is 2.30. The van der Waals surface area contributed by atoms with Gasteiger partial charge >= 0.3 is 6.09 Å². The quantitative estimate of drug-likeness (QED) is 0.923. The third-order valence-electron chi connectivity index (χ3n) is 3.69. The molecule has 22 heavy (non-hydrogen) atoms. The number of amides is 1. The molecule has 6 nitrogen and oxygen atoms in total. The molecule has 0 bridgehead atoms. The Balaban J connectivity index is 1.90. The van der Waals surface area contributed by atoms with E-state index in [2.05, 4.69) is 22.4 Å². The molecule has 2 heterocycles. The van der Waals surface area contributed by atoms with Crippen LogP contribution in [0.4, 0.5) is 9.93 Å². The van der Waals surface area contributed by atoms with Crippen LogP contribution in [0.2, 0.25) is 0 Å². The molecule has 2 rings (SSSR count). The maximum absolute atomic E-state index is 12.2. The fourth-order valence-corrected chi connectivity index (χ4v) is 3.27. The first-order valence-corrected chi connectivity index (χ1v) is 8.61. The Morgan fingerprint density at radius 2 is 2.18 bits per heavy atom. The Morgan fingerprint density at radius 3 is 2.77 bits per heavy atom. The highest BCUT2D eigenvalue weighted by atomic mass is 32.1. The van der Waals surface area contributed by atoms with E-state index in [1.165, 1.54) is 0 Å². The summed E-state index contributed by atoms with van der Waals surface area (Å²) in [6.07, 6.45) is 1.90. The first-order chi connectivity index (χ1) is 10.2. The fraction of sp³-hybridized carbons (Fsp3) is 0.800. The van der Waals surface area contributed by atoms with Gasteiger partial charge in [0.05, 0.1) is 0 Å². The van der Waals surface area contributed by atoms with Crippen molar-refractivity contribution >= 4 is 22.6 Å². The van der Waals surface area contributed by atoms with Gasteiger partial charge in [0.25, 0.3) is 0 Å². The first-order valence-electron chi connectivity index (χ1n) is 7.79. The zero-order valence-corrected chi connectivity index (χ0v) is 14.9. The summed E-state index contributed by atoms with van der Waals surface area (Å²) in [6.45, 7) is 11.3. The maximum atomic E-state index is 12.2. The van der Waals surface area contributed by atoms with Crippen LogP contribution >= 0.6 is 11.3 Å². The van der Waals surface area contributed by atoms with Crippen LogP contribution in [0, 0.1) is 12.8 Å². The van der Waals surface area contributed by atoms with Crippen LogP contribution in [0.3, 0.4) is 0 Å². The summed E-state index contributed by atoms with van der Waals surface area (Å²) in [5.74, 6) is 0.394. The molecule has 1 aromatic heterocycles. The molecule has 124 valence electrons. The molecule has 2 atom stereocenters. The zero-order chi connectivity index (χ0) is 16.3. The maximum Gasteiger partial charge on any atom is 0.410 e. The number of carbonyl (C=O) groups is 1. The van der Waals surface area contributed by atoms with E-state index >= 15 is 0 Å². The molecule has 1 amide bonds. The van der Waals surface area contributed by atoms with Gasteiger partial charge in [0, 0.05) is 19.1 Å². The van der Waals surface area contributed by atoms with E-state index in [1.807, 2.05) is 32.6 Å². The van der Waals surface area contributed by atoms with E-state index in [0.717, 1.165) is 36.1 Å². The minimum absolute atomic E-state index is 0.212. The van der Waals surface area contributed by atoms with E-state index in [4.69, 9.17) is 4.74 Å². The normalized spacial score (nSPS) is 20.6. The van der Waals surface area contributed by atoms with Crippen LogP contribution < -0.4 is 5.32 Å². The number of rotatable bonds is 3. The molecule has 1 aliphatic rings. The summed E-state index contributed by atoms with van der Waals surface area (Å²) in [6, 6.07) is 0.248. The lowest BCUT2D eigenvalue weighted by Gasteiger charge is -2.36. The van der Waals surface area contributed by atoms with Crippen molar-refractivity contribution < 1.29 is 9.53 Å². The molecule has 0 radical (unpaired) electrons. The van der Waals surface area contributed by atoms with E-state index in [1.54, 1.807) is 11.3 Å². The van der Waals surface area contributed by atoms with Gasteiger partial charge in [-0.2, -0.15) is 0 Å². The van der Waals surface area contributed by atoms with Crippen molar-refractivity contribution in [1.82, 2.24) is 15.1 Å². The number of piperidine rings is 1. The lowest BCUT2D eigenvalue weighted by molar-refractivity contribution is 0.0159. The number of nitrogens with one attached hydrogen (secondary N) is 1. The van der Waals surface area contributed by atoms with Crippen LogP contribution in [-0.2, 0) is 4.74 Å². The highest BCUT2D eigenvalue weighted by molar-refractivity contribution is 7.15. The van der Waals surface area contributed by atoms with Crippen LogP contribution in [0.25, 0.3) is 0 Å². The van der Waals surface area contributed by atoms with E-state index in [0.29, 0.717) is 5.92 Å².